The van der Waals surface area contributed by atoms with E-state index in [1.54, 1.807) is 24.9 Å². The van der Waals surface area contributed by atoms with E-state index in [0.29, 0.717) is 25.6 Å². The van der Waals surface area contributed by atoms with Crippen molar-refractivity contribution in [3.05, 3.63) is 18.0 Å². The fourth-order valence-corrected chi connectivity index (χ4v) is 1.84. The minimum absolute atomic E-state index is 0.518. The van der Waals surface area contributed by atoms with Gasteiger partial charge in [-0.1, -0.05) is 13.8 Å². The second kappa shape index (κ2) is 6.87. The Kier molecular flexibility index (Phi) is 5.78. The van der Waals surface area contributed by atoms with Gasteiger partial charge in [0.05, 0.1) is 18.8 Å². The molecule has 0 amide bonds. The predicted octanol–water partition coefficient (Wildman–Crippen LogP) is 0.983. The lowest BCUT2D eigenvalue weighted by Crippen LogP contribution is -2.38. The number of aliphatic hydroxyl groups is 1. The van der Waals surface area contributed by atoms with Gasteiger partial charge in [0.25, 0.3) is 0 Å². The number of nitrogens with one attached hydrogen (secondary N) is 1. The molecule has 0 aliphatic carbocycles. The van der Waals surface area contributed by atoms with E-state index in [0.717, 1.165) is 12.2 Å². The number of methoxy groups -OCH3 is 1. The van der Waals surface area contributed by atoms with Crippen LogP contribution in [0.5, 0.6) is 0 Å². The van der Waals surface area contributed by atoms with Crippen LogP contribution in [0.25, 0.3) is 0 Å². The molecule has 1 unspecified atom stereocenters. The average Bonchev–Trinajstić information content (AvgIpc) is 2.74. The van der Waals surface area contributed by atoms with Gasteiger partial charge >= 0.3 is 0 Å². The minimum Gasteiger partial charge on any atom is -0.383 e. The first kappa shape index (κ1) is 15.1. The molecule has 0 saturated heterocycles. The highest BCUT2D eigenvalue weighted by Crippen LogP contribution is 2.19. The maximum Gasteiger partial charge on any atom is 0.116 e. The summed E-state index contributed by atoms with van der Waals surface area (Å²) in [6, 6.07) is 1.85. The number of hydrogen-bond donors (Lipinski definition) is 2. The van der Waals surface area contributed by atoms with Crippen LogP contribution in [-0.4, -0.2) is 41.7 Å². The Morgan fingerprint density at radius 3 is 2.89 bits per heavy atom. The topological polar surface area (TPSA) is 59.3 Å². The molecule has 1 aromatic rings. The zero-order valence-corrected chi connectivity index (χ0v) is 11.8. The molecule has 0 saturated carbocycles. The Morgan fingerprint density at radius 1 is 1.56 bits per heavy atom. The van der Waals surface area contributed by atoms with Gasteiger partial charge in [-0.05, 0) is 25.5 Å². The van der Waals surface area contributed by atoms with Gasteiger partial charge in [0, 0.05) is 19.9 Å². The van der Waals surface area contributed by atoms with E-state index in [2.05, 4.69) is 24.3 Å². The Balaban J connectivity index is 2.62. The van der Waals surface area contributed by atoms with Crippen LogP contribution in [0.1, 0.15) is 26.5 Å². The van der Waals surface area contributed by atoms with Gasteiger partial charge < -0.3 is 15.2 Å². The van der Waals surface area contributed by atoms with Crippen LogP contribution >= 0.6 is 0 Å². The summed E-state index contributed by atoms with van der Waals surface area (Å²) in [5, 5.41) is 18.0. The zero-order chi connectivity index (χ0) is 13.6. The van der Waals surface area contributed by atoms with Gasteiger partial charge in [-0.2, -0.15) is 5.10 Å². The molecule has 0 bridgehead atoms. The van der Waals surface area contributed by atoms with Gasteiger partial charge in [0.15, 0.2) is 0 Å². The molecule has 2 N–H and O–H groups in total. The largest absolute Gasteiger partial charge is 0.383 e. The first-order valence-corrected chi connectivity index (χ1v) is 6.41. The van der Waals surface area contributed by atoms with Crippen LogP contribution < -0.4 is 5.32 Å². The smallest absolute Gasteiger partial charge is 0.116 e. The lowest BCUT2D eigenvalue weighted by atomic mass is 10.0. The van der Waals surface area contributed by atoms with Crippen molar-refractivity contribution in [3.8, 4) is 0 Å². The molecule has 5 heteroatoms. The summed E-state index contributed by atoms with van der Waals surface area (Å²) < 4.78 is 6.83. The van der Waals surface area contributed by atoms with Crippen molar-refractivity contribution in [1.82, 2.24) is 15.1 Å². The SMILES string of the molecule is COCCn1nccc1C(C)(O)CNCC(C)C. The number of nitrogens with zero attached hydrogens (tertiary/aromatic N) is 2. The molecule has 1 atom stereocenters. The number of ether oxygens (including phenoxy) is 1. The second-order valence-electron chi connectivity index (χ2n) is 5.23. The van der Waals surface area contributed by atoms with Crippen molar-refractivity contribution in [2.45, 2.75) is 32.9 Å². The lowest BCUT2D eigenvalue weighted by molar-refractivity contribution is 0.0452. The van der Waals surface area contributed by atoms with Crippen molar-refractivity contribution in [2.75, 3.05) is 26.8 Å². The van der Waals surface area contributed by atoms with Gasteiger partial charge in [-0.15, -0.1) is 0 Å². The average molecular weight is 255 g/mol. The van der Waals surface area contributed by atoms with Crippen LogP contribution in [0, 0.1) is 5.92 Å². The Labute approximate surface area is 109 Å². The summed E-state index contributed by atoms with van der Waals surface area (Å²) in [6.07, 6.45) is 1.71. The van der Waals surface area contributed by atoms with Crippen molar-refractivity contribution >= 4 is 0 Å². The van der Waals surface area contributed by atoms with Gasteiger partial charge in [0.1, 0.15) is 5.60 Å². The van der Waals surface area contributed by atoms with E-state index in [4.69, 9.17) is 4.74 Å². The van der Waals surface area contributed by atoms with E-state index in [9.17, 15) is 5.11 Å². The fourth-order valence-electron chi connectivity index (χ4n) is 1.84. The highest BCUT2D eigenvalue weighted by molar-refractivity contribution is 5.11. The molecule has 104 valence electrons. The zero-order valence-electron chi connectivity index (χ0n) is 11.8. The quantitative estimate of drug-likeness (QED) is 0.727. The molecule has 0 radical (unpaired) electrons. The second-order valence-corrected chi connectivity index (χ2v) is 5.23. The molecule has 18 heavy (non-hydrogen) atoms. The van der Waals surface area contributed by atoms with E-state index in [1.807, 2.05) is 6.07 Å². The summed E-state index contributed by atoms with van der Waals surface area (Å²) in [6.45, 7) is 8.74. The highest BCUT2D eigenvalue weighted by Gasteiger charge is 2.26. The maximum atomic E-state index is 10.5. The van der Waals surface area contributed by atoms with Crippen molar-refractivity contribution in [1.29, 1.82) is 0 Å². The third-order valence-corrected chi connectivity index (χ3v) is 2.80. The monoisotopic (exact) mass is 255 g/mol. The molecule has 0 aromatic carbocycles. The molecule has 0 aliphatic heterocycles. The molecular weight excluding hydrogens is 230 g/mol. The van der Waals surface area contributed by atoms with Crippen LogP contribution in [0.3, 0.4) is 0 Å². The van der Waals surface area contributed by atoms with Crippen LogP contribution in [0.4, 0.5) is 0 Å². The van der Waals surface area contributed by atoms with Gasteiger partial charge in [-0.25, -0.2) is 0 Å². The van der Waals surface area contributed by atoms with Gasteiger partial charge in [-0.3, -0.25) is 4.68 Å². The summed E-state index contributed by atoms with van der Waals surface area (Å²) in [5.74, 6) is 0.569. The van der Waals surface area contributed by atoms with Crippen molar-refractivity contribution in [3.63, 3.8) is 0 Å². The Bertz CT molecular complexity index is 348. The van der Waals surface area contributed by atoms with Crippen LogP contribution in [0.2, 0.25) is 0 Å². The Hall–Kier alpha value is -0.910. The first-order chi connectivity index (χ1) is 8.47. The van der Waals surface area contributed by atoms with E-state index in [1.165, 1.54) is 0 Å². The maximum absolute atomic E-state index is 10.5. The highest BCUT2D eigenvalue weighted by atomic mass is 16.5. The molecule has 5 nitrogen and oxygen atoms in total. The predicted molar refractivity (Wildman–Crippen MR) is 71.4 cm³/mol. The van der Waals surface area contributed by atoms with E-state index >= 15 is 0 Å². The number of aromatic nitrogens is 2. The third-order valence-electron chi connectivity index (χ3n) is 2.80. The molecular formula is C13H25N3O2. The van der Waals surface area contributed by atoms with Crippen molar-refractivity contribution in [2.24, 2.45) is 5.92 Å². The summed E-state index contributed by atoms with van der Waals surface area (Å²) in [5.41, 5.74) is -0.102. The lowest BCUT2D eigenvalue weighted by Gasteiger charge is -2.25. The molecule has 0 spiro atoms. The first-order valence-electron chi connectivity index (χ1n) is 6.41. The summed E-state index contributed by atoms with van der Waals surface area (Å²) in [4.78, 5) is 0. The van der Waals surface area contributed by atoms with E-state index < -0.39 is 5.60 Å². The minimum atomic E-state index is -0.918. The summed E-state index contributed by atoms with van der Waals surface area (Å²) in [7, 11) is 1.66. The normalized spacial score (nSPS) is 15.0. The van der Waals surface area contributed by atoms with Gasteiger partial charge in [0.2, 0.25) is 0 Å². The molecule has 0 fully saturated rings. The van der Waals surface area contributed by atoms with Crippen LogP contribution in [0.15, 0.2) is 12.3 Å². The molecule has 1 rings (SSSR count). The number of rotatable bonds is 8. The third kappa shape index (κ3) is 4.40. The van der Waals surface area contributed by atoms with Crippen LogP contribution in [-0.2, 0) is 16.9 Å². The van der Waals surface area contributed by atoms with Crippen molar-refractivity contribution < 1.29 is 9.84 Å². The number of hydrogen-bond acceptors (Lipinski definition) is 4. The fraction of sp³-hybridized carbons (Fsp3) is 0.769. The molecule has 1 aromatic heterocycles. The Morgan fingerprint density at radius 2 is 2.28 bits per heavy atom. The standard InChI is InChI=1S/C13H25N3O2/c1-11(2)9-14-10-13(3,17)12-5-6-15-16(12)7-8-18-4/h5-6,11,14,17H,7-10H2,1-4H3. The molecule has 1 heterocycles. The summed E-state index contributed by atoms with van der Waals surface area (Å²) >= 11 is 0. The van der Waals surface area contributed by atoms with E-state index in [-0.39, 0.29) is 0 Å². The molecule has 0 aliphatic rings.